The van der Waals surface area contributed by atoms with E-state index in [9.17, 15) is 18.0 Å². The molecule has 1 saturated carbocycles. The lowest BCUT2D eigenvalue weighted by Gasteiger charge is -2.31. The lowest BCUT2D eigenvalue weighted by molar-refractivity contribution is -0.141. The van der Waals surface area contributed by atoms with Gasteiger partial charge in [-0.15, -0.1) is 0 Å². The fourth-order valence-corrected chi connectivity index (χ4v) is 6.18. The number of hydrogen-bond acceptors (Lipinski definition) is 5. The Morgan fingerprint density at radius 1 is 1.13 bits per heavy atom. The van der Waals surface area contributed by atoms with Gasteiger partial charge in [0.25, 0.3) is 0 Å². The molecule has 0 unspecified atom stereocenters. The Kier molecular flexibility index (Phi) is 11.1. The van der Waals surface area contributed by atoms with Crippen molar-refractivity contribution >= 4 is 39.1 Å². The van der Waals surface area contributed by atoms with Crippen molar-refractivity contribution in [3.8, 4) is 5.75 Å². The highest BCUT2D eigenvalue weighted by atomic mass is 35.5. The third-order valence-electron chi connectivity index (χ3n) is 7.13. The molecule has 8 nitrogen and oxygen atoms in total. The molecule has 2 amide bonds. The van der Waals surface area contributed by atoms with E-state index in [2.05, 4.69) is 5.32 Å². The zero-order chi connectivity index (χ0) is 28.6. The first-order chi connectivity index (χ1) is 18.5. The van der Waals surface area contributed by atoms with E-state index >= 15 is 0 Å². The Morgan fingerprint density at radius 3 is 2.46 bits per heavy atom. The first-order valence-corrected chi connectivity index (χ1v) is 15.7. The van der Waals surface area contributed by atoms with Gasteiger partial charge in [-0.2, -0.15) is 0 Å². The van der Waals surface area contributed by atoms with E-state index in [1.165, 1.54) is 23.9 Å². The summed E-state index contributed by atoms with van der Waals surface area (Å²) in [6.45, 7) is 4.13. The Bertz CT molecular complexity index is 1250. The van der Waals surface area contributed by atoms with Crippen molar-refractivity contribution in [2.24, 2.45) is 0 Å². The standard InChI is InChI=1S/C29H40ClN3O5S/c1-21-10-8-11-23(18-21)20-32(22(2)29(35)31-24-12-6-5-7-13-24)28(34)14-9-17-33(39(4,36)37)25-15-16-27(38-3)26(30)19-25/h8,10-11,15-16,18-19,22,24H,5-7,9,12-14,17,20H2,1-4H3,(H,31,35)/t22-/m1/s1. The third kappa shape index (κ3) is 8.86. The summed E-state index contributed by atoms with van der Waals surface area (Å²) in [5.41, 5.74) is 2.40. The number of carbonyl (C=O) groups excluding carboxylic acids is 2. The van der Waals surface area contributed by atoms with Crippen LogP contribution in [0.2, 0.25) is 5.02 Å². The predicted molar refractivity (Wildman–Crippen MR) is 156 cm³/mol. The molecule has 214 valence electrons. The number of amides is 2. The van der Waals surface area contributed by atoms with Crippen molar-refractivity contribution in [2.75, 3.05) is 24.2 Å². The van der Waals surface area contributed by atoms with Crippen LogP contribution in [0.15, 0.2) is 42.5 Å². The second-order valence-electron chi connectivity index (χ2n) is 10.3. The average molecular weight is 578 g/mol. The van der Waals surface area contributed by atoms with Crippen molar-refractivity contribution in [1.82, 2.24) is 10.2 Å². The number of carbonyl (C=O) groups is 2. The Labute approximate surface area is 237 Å². The number of anilines is 1. The molecule has 0 aromatic heterocycles. The maximum absolute atomic E-state index is 13.5. The van der Waals surface area contributed by atoms with Crippen LogP contribution in [0.3, 0.4) is 0 Å². The van der Waals surface area contributed by atoms with Gasteiger partial charge in [0.1, 0.15) is 11.8 Å². The number of aryl methyl sites for hydroxylation is 1. The van der Waals surface area contributed by atoms with E-state index in [1.807, 2.05) is 31.2 Å². The number of rotatable bonds is 12. The van der Waals surface area contributed by atoms with Gasteiger partial charge < -0.3 is 15.0 Å². The van der Waals surface area contributed by atoms with Crippen LogP contribution in [0.5, 0.6) is 5.75 Å². The molecule has 39 heavy (non-hydrogen) atoms. The largest absolute Gasteiger partial charge is 0.495 e. The minimum absolute atomic E-state index is 0.0861. The number of nitrogens with one attached hydrogen (secondary N) is 1. The molecule has 2 aromatic rings. The predicted octanol–water partition coefficient (Wildman–Crippen LogP) is 5.07. The van der Waals surface area contributed by atoms with Crippen LogP contribution < -0.4 is 14.4 Å². The Morgan fingerprint density at radius 2 is 1.85 bits per heavy atom. The number of halogens is 1. The second kappa shape index (κ2) is 14.0. The fraction of sp³-hybridized carbons (Fsp3) is 0.517. The maximum atomic E-state index is 13.5. The topological polar surface area (TPSA) is 96.0 Å². The van der Waals surface area contributed by atoms with Crippen molar-refractivity contribution in [3.63, 3.8) is 0 Å². The zero-order valence-corrected chi connectivity index (χ0v) is 24.9. The minimum Gasteiger partial charge on any atom is -0.495 e. The highest BCUT2D eigenvalue weighted by Crippen LogP contribution is 2.30. The number of hydrogen-bond donors (Lipinski definition) is 1. The Balaban J connectivity index is 1.73. The van der Waals surface area contributed by atoms with Crippen LogP contribution in [0.1, 0.15) is 63.0 Å². The number of sulfonamides is 1. The van der Waals surface area contributed by atoms with E-state index in [0.29, 0.717) is 23.0 Å². The van der Waals surface area contributed by atoms with Crippen LogP contribution >= 0.6 is 11.6 Å². The molecule has 0 saturated heterocycles. The minimum atomic E-state index is -3.63. The number of ether oxygens (including phenoxy) is 1. The first kappa shape index (κ1) is 30.8. The summed E-state index contributed by atoms with van der Waals surface area (Å²) >= 11 is 6.23. The van der Waals surface area contributed by atoms with Crippen LogP contribution in [-0.4, -0.2) is 57.1 Å². The summed E-state index contributed by atoms with van der Waals surface area (Å²) in [6, 6.07) is 12.1. The van der Waals surface area contributed by atoms with Crippen molar-refractivity contribution < 1.29 is 22.7 Å². The molecule has 1 aliphatic carbocycles. The van der Waals surface area contributed by atoms with E-state index in [0.717, 1.165) is 43.1 Å². The molecule has 0 heterocycles. The molecular formula is C29H40ClN3O5S. The molecule has 0 radical (unpaired) electrons. The molecule has 0 aliphatic heterocycles. The van der Waals surface area contributed by atoms with Gasteiger partial charge >= 0.3 is 0 Å². The Hall–Kier alpha value is -2.78. The molecule has 1 atom stereocenters. The van der Waals surface area contributed by atoms with Crippen molar-refractivity contribution in [3.05, 3.63) is 58.6 Å². The number of methoxy groups -OCH3 is 1. The van der Waals surface area contributed by atoms with Gasteiger partial charge in [0.2, 0.25) is 21.8 Å². The molecule has 0 bridgehead atoms. The lowest BCUT2D eigenvalue weighted by Crippen LogP contribution is -2.50. The molecule has 10 heteroatoms. The van der Waals surface area contributed by atoms with Gasteiger partial charge in [-0.1, -0.05) is 60.7 Å². The van der Waals surface area contributed by atoms with E-state index in [4.69, 9.17) is 16.3 Å². The molecule has 1 N–H and O–H groups in total. The second-order valence-corrected chi connectivity index (χ2v) is 12.6. The van der Waals surface area contributed by atoms with Crippen molar-refractivity contribution in [1.29, 1.82) is 0 Å². The van der Waals surface area contributed by atoms with Gasteiger partial charge in [-0.25, -0.2) is 8.42 Å². The first-order valence-electron chi connectivity index (χ1n) is 13.5. The summed E-state index contributed by atoms with van der Waals surface area (Å²) in [5, 5.41) is 3.43. The monoisotopic (exact) mass is 577 g/mol. The van der Waals surface area contributed by atoms with Gasteiger partial charge in [0, 0.05) is 25.6 Å². The molecule has 1 aliphatic rings. The molecule has 3 rings (SSSR count). The van der Waals surface area contributed by atoms with E-state index < -0.39 is 16.1 Å². The summed E-state index contributed by atoms with van der Waals surface area (Å²) in [5.74, 6) is 0.0777. The van der Waals surface area contributed by atoms with E-state index in [1.54, 1.807) is 24.0 Å². The quantitative estimate of drug-likeness (QED) is 0.380. The summed E-state index contributed by atoms with van der Waals surface area (Å²) < 4.78 is 31.5. The molecule has 1 fully saturated rings. The van der Waals surface area contributed by atoms with Crippen LogP contribution in [0.4, 0.5) is 5.69 Å². The van der Waals surface area contributed by atoms with Gasteiger partial charge in [-0.3, -0.25) is 13.9 Å². The van der Waals surface area contributed by atoms with Crippen LogP contribution in [-0.2, 0) is 26.2 Å². The lowest BCUT2D eigenvalue weighted by atomic mass is 9.95. The number of benzene rings is 2. The van der Waals surface area contributed by atoms with Gasteiger partial charge in [-0.05, 0) is 56.9 Å². The van der Waals surface area contributed by atoms with Gasteiger partial charge in [0.05, 0.1) is 24.1 Å². The summed E-state index contributed by atoms with van der Waals surface area (Å²) in [7, 11) is -2.14. The highest BCUT2D eigenvalue weighted by Gasteiger charge is 2.28. The highest BCUT2D eigenvalue weighted by molar-refractivity contribution is 7.92. The summed E-state index contributed by atoms with van der Waals surface area (Å²) in [4.78, 5) is 28.3. The summed E-state index contributed by atoms with van der Waals surface area (Å²) in [6.07, 6.45) is 6.78. The van der Waals surface area contributed by atoms with Crippen molar-refractivity contribution in [2.45, 2.75) is 77.4 Å². The average Bonchev–Trinajstić information content (AvgIpc) is 2.89. The van der Waals surface area contributed by atoms with E-state index in [-0.39, 0.29) is 37.2 Å². The fourth-order valence-electron chi connectivity index (χ4n) is 4.97. The van der Waals surface area contributed by atoms with Gasteiger partial charge in [0.15, 0.2) is 0 Å². The molecular weight excluding hydrogens is 538 g/mol. The SMILES string of the molecule is COc1ccc(N(CCCC(=O)N(Cc2cccc(C)c2)[C@H](C)C(=O)NC2CCCCC2)S(C)(=O)=O)cc1Cl. The third-order valence-corrected chi connectivity index (χ3v) is 8.62. The van der Waals surface area contributed by atoms with Crippen LogP contribution in [0, 0.1) is 6.92 Å². The molecule has 2 aromatic carbocycles. The van der Waals surface area contributed by atoms with Crippen LogP contribution in [0.25, 0.3) is 0 Å². The molecule has 0 spiro atoms. The maximum Gasteiger partial charge on any atom is 0.242 e. The zero-order valence-electron chi connectivity index (χ0n) is 23.3. The smallest absolute Gasteiger partial charge is 0.242 e. The normalized spacial score (nSPS) is 14.9. The number of nitrogens with zero attached hydrogens (tertiary/aromatic N) is 2.